The topological polar surface area (TPSA) is 113 Å². The fraction of sp³-hybridized carbons (Fsp3) is 0.0800. The molecule has 0 fully saturated rings. The monoisotopic (exact) mass is 437 g/mol. The van der Waals surface area contributed by atoms with Gasteiger partial charge in [0.25, 0.3) is 5.91 Å². The molecule has 2 aromatic heterocycles. The molecule has 8 heteroatoms. The van der Waals surface area contributed by atoms with Gasteiger partial charge in [-0.1, -0.05) is 30.3 Å². The second-order valence-corrected chi connectivity index (χ2v) is 7.79. The Morgan fingerprint density at radius 1 is 0.909 bits per heavy atom. The lowest BCUT2D eigenvalue weighted by molar-refractivity contribution is 0.0995. The van der Waals surface area contributed by atoms with Gasteiger partial charge in [-0.2, -0.15) is 10.2 Å². The fourth-order valence-corrected chi connectivity index (χ4v) is 3.82. The summed E-state index contributed by atoms with van der Waals surface area (Å²) < 4.78 is 1.37. The van der Waals surface area contributed by atoms with Crippen LogP contribution >= 0.6 is 0 Å². The number of fused-ring (bicyclic) bond motifs is 2. The molecular formula is C25H19N5O3. The molecule has 5 rings (SSSR count). The van der Waals surface area contributed by atoms with Crippen molar-refractivity contribution in [3.05, 3.63) is 83.6 Å². The highest BCUT2D eigenvalue weighted by atomic mass is 16.3. The highest BCUT2D eigenvalue weighted by molar-refractivity contribution is 6.02. The molecule has 0 unspecified atom stereocenters. The zero-order chi connectivity index (χ0) is 23.1. The molecule has 0 aliphatic carbocycles. The van der Waals surface area contributed by atoms with Gasteiger partial charge in [-0.3, -0.25) is 9.36 Å². The van der Waals surface area contributed by atoms with Gasteiger partial charge >= 0.3 is 0 Å². The molecule has 0 saturated heterocycles. The summed E-state index contributed by atoms with van der Waals surface area (Å²) in [4.78, 5) is 12.7. The standard InChI is InChI=1S/C25H19N5O3/c1-14-7-8-15(2)22(11-14)30-24(32)17-10-9-16(12-19(17)25(30)33)23(31)29-28-21-13-26-27-20-6-4-3-5-18(20)21/h3-13,32-33H,1-2H3. The Kier molecular flexibility index (Phi) is 4.82. The molecule has 0 radical (unpaired) electrons. The van der Waals surface area contributed by atoms with Gasteiger partial charge in [-0.15, -0.1) is 10.2 Å². The minimum atomic E-state index is -0.587. The van der Waals surface area contributed by atoms with E-state index in [-0.39, 0.29) is 17.3 Å². The highest BCUT2D eigenvalue weighted by Gasteiger charge is 2.20. The summed E-state index contributed by atoms with van der Waals surface area (Å²) in [5.41, 5.74) is 3.83. The van der Waals surface area contributed by atoms with E-state index in [1.54, 1.807) is 18.2 Å². The number of carbonyl (C=O) groups excluding carboxylic acids is 1. The first-order valence-corrected chi connectivity index (χ1v) is 10.2. The molecule has 8 nitrogen and oxygen atoms in total. The van der Waals surface area contributed by atoms with Crippen molar-refractivity contribution in [1.29, 1.82) is 0 Å². The SMILES string of the molecule is Cc1ccc(C)c(-n2c(O)c3ccc(C(=O)N=Nc4cnnc5ccccc45)cc3c2O)c1. The molecule has 1 amide bonds. The average Bonchev–Trinajstić information content (AvgIpc) is 3.08. The lowest BCUT2D eigenvalue weighted by Gasteiger charge is -2.11. The molecule has 3 aromatic carbocycles. The predicted octanol–water partition coefficient (Wildman–Crippen LogP) is 5.53. The lowest BCUT2D eigenvalue weighted by atomic mass is 10.1. The number of nitrogens with zero attached hydrogens (tertiary/aromatic N) is 5. The van der Waals surface area contributed by atoms with Crippen LogP contribution in [0.2, 0.25) is 0 Å². The minimum Gasteiger partial charge on any atom is -0.494 e. The van der Waals surface area contributed by atoms with Gasteiger partial charge in [0, 0.05) is 21.7 Å². The molecule has 0 saturated carbocycles. The average molecular weight is 437 g/mol. The van der Waals surface area contributed by atoms with Crippen LogP contribution in [-0.4, -0.2) is 30.9 Å². The number of hydrogen-bond donors (Lipinski definition) is 2. The van der Waals surface area contributed by atoms with Crippen molar-refractivity contribution in [3.8, 4) is 17.4 Å². The molecular weight excluding hydrogens is 418 g/mol. The van der Waals surface area contributed by atoms with E-state index in [2.05, 4.69) is 20.4 Å². The van der Waals surface area contributed by atoms with E-state index in [1.807, 2.05) is 50.2 Å². The van der Waals surface area contributed by atoms with Gasteiger partial charge in [0.15, 0.2) is 0 Å². The van der Waals surface area contributed by atoms with Crippen molar-refractivity contribution in [1.82, 2.24) is 14.8 Å². The third-order valence-corrected chi connectivity index (χ3v) is 5.55. The zero-order valence-corrected chi connectivity index (χ0v) is 17.9. The summed E-state index contributed by atoms with van der Waals surface area (Å²) in [5.74, 6) is -0.852. The normalized spacial score (nSPS) is 11.6. The first-order chi connectivity index (χ1) is 15.9. The molecule has 0 aliphatic rings. The van der Waals surface area contributed by atoms with E-state index < -0.39 is 5.91 Å². The van der Waals surface area contributed by atoms with Crippen LogP contribution in [0.15, 0.2) is 77.1 Å². The molecule has 162 valence electrons. The number of rotatable bonds is 3. The summed E-state index contributed by atoms with van der Waals surface area (Å²) in [6.45, 7) is 3.83. The van der Waals surface area contributed by atoms with Crippen molar-refractivity contribution < 1.29 is 15.0 Å². The van der Waals surface area contributed by atoms with Crippen molar-refractivity contribution in [2.24, 2.45) is 10.2 Å². The van der Waals surface area contributed by atoms with Crippen LogP contribution in [0, 0.1) is 13.8 Å². The summed E-state index contributed by atoms with van der Waals surface area (Å²) in [6, 6.07) is 17.7. The largest absolute Gasteiger partial charge is 0.494 e. The van der Waals surface area contributed by atoms with E-state index in [0.717, 1.165) is 16.5 Å². The first kappa shape index (κ1) is 20.3. The molecule has 0 aliphatic heterocycles. The molecule has 5 aromatic rings. The zero-order valence-electron chi connectivity index (χ0n) is 17.9. The second-order valence-electron chi connectivity index (χ2n) is 7.79. The lowest BCUT2D eigenvalue weighted by Crippen LogP contribution is -1.96. The van der Waals surface area contributed by atoms with Crippen molar-refractivity contribution in [2.45, 2.75) is 13.8 Å². The molecule has 0 spiro atoms. The van der Waals surface area contributed by atoms with Crippen LogP contribution in [0.4, 0.5) is 5.69 Å². The van der Waals surface area contributed by atoms with Gasteiger partial charge in [-0.05, 0) is 55.3 Å². The summed E-state index contributed by atoms with van der Waals surface area (Å²) >= 11 is 0. The van der Waals surface area contributed by atoms with Gasteiger partial charge in [0.2, 0.25) is 11.8 Å². The number of amides is 1. The Hall–Kier alpha value is -4.59. The first-order valence-electron chi connectivity index (χ1n) is 10.2. The Bertz CT molecular complexity index is 1580. The quantitative estimate of drug-likeness (QED) is 0.361. The number of azo groups is 1. The Morgan fingerprint density at radius 2 is 1.70 bits per heavy atom. The third-order valence-electron chi connectivity index (χ3n) is 5.55. The van der Waals surface area contributed by atoms with Gasteiger partial charge in [0.1, 0.15) is 5.69 Å². The number of aromatic nitrogens is 3. The van der Waals surface area contributed by atoms with Crippen molar-refractivity contribution >= 4 is 33.3 Å². The highest BCUT2D eigenvalue weighted by Crippen LogP contribution is 2.40. The van der Waals surface area contributed by atoms with Crippen LogP contribution in [0.5, 0.6) is 11.8 Å². The van der Waals surface area contributed by atoms with Crippen molar-refractivity contribution in [2.75, 3.05) is 0 Å². The van der Waals surface area contributed by atoms with Gasteiger partial charge in [-0.25, -0.2) is 0 Å². The van der Waals surface area contributed by atoms with E-state index in [0.29, 0.717) is 27.7 Å². The minimum absolute atomic E-state index is 0.105. The Labute approximate surface area is 188 Å². The summed E-state index contributed by atoms with van der Waals surface area (Å²) in [7, 11) is 0. The molecule has 2 heterocycles. The maximum atomic E-state index is 12.7. The smallest absolute Gasteiger partial charge is 0.295 e. The molecule has 2 N–H and O–H groups in total. The number of aryl methyl sites for hydroxylation is 2. The Balaban J connectivity index is 1.54. The molecule has 0 bridgehead atoms. The third kappa shape index (κ3) is 3.47. The van der Waals surface area contributed by atoms with E-state index in [4.69, 9.17) is 0 Å². The van der Waals surface area contributed by atoms with Crippen LogP contribution < -0.4 is 0 Å². The molecule has 0 atom stereocenters. The van der Waals surface area contributed by atoms with E-state index in [9.17, 15) is 15.0 Å². The van der Waals surface area contributed by atoms with Crippen LogP contribution in [-0.2, 0) is 0 Å². The number of hydrogen-bond acceptors (Lipinski definition) is 6. The van der Waals surface area contributed by atoms with Crippen molar-refractivity contribution in [3.63, 3.8) is 0 Å². The molecule has 33 heavy (non-hydrogen) atoms. The summed E-state index contributed by atoms with van der Waals surface area (Å²) in [6.07, 6.45) is 1.44. The predicted molar refractivity (Wildman–Crippen MR) is 124 cm³/mol. The van der Waals surface area contributed by atoms with Crippen LogP contribution in [0.3, 0.4) is 0 Å². The Morgan fingerprint density at radius 3 is 2.55 bits per heavy atom. The fourth-order valence-electron chi connectivity index (χ4n) is 3.82. The van der Waals surface area contributed by atoms with Crippen LogP contribution in [0.1, 0.15) is 21.5 Å². The van der Waals surface area contributed by atoms with E-state index in [1.165, 1.54) is 16.8 Å². The second kappa shape index (κ2) is 7.83. The maximum absolute atomic E-state index is 12.7. The number of benzene rings is 3. The van der Waals surface area contributed by atoms with Gasteiger partial charge < -0.3 is 10.2 Å². The maximum Gasteiger partial charge on any atom is 0.295 e. The van der Waals surface area contributed by atoms with E-state index >= 15 is 0 Å². The number of aromatic hydroxyl groups is 2. The van der Waals surface area contributed by atoms with Crippen LogP contribution in [0.25, 0.3) is 27.4 Å². The number of carbonyl (C=O) groups is 1. The van der Waals surface area contributed by atoms with Gasteiger partial charge in [0.05, 0.1) is 17.4 Å². The summed E-state index contributed by atoms with van der Waals surface area (Å²) in [5, 5.41) is 39.0.